The molecule has 2 N–H and O–H groups in total. The number of ether oxygens (including phenoxy) is 1. The molecule has 6 nitrogen and oxygen atoms in total. The number of phenols is 2. The van der Waals surface area contributed by atoms with Crippen LogP contribution in [0.15, 0.2) is 73.1 Å². The van der Waals surface area contributed by atoms with Crippen LogP contribution in [0, 0.1) is 0 Å². The zero-order valence-electron chi connectivity index (χ0n) is 15.8. The van der Waals surface area contributed by atoms with Crippen LogP contribution in [-0.2, 0) is 25.8 Å². The van der Waals surface area contributed by atoms with Gasteiger partial charge in [-0.25, -0.2) is 0 Å². The van der Waals surface area contributed by atoms with Crippen LogP contribution in [0.25, 0.3) is 21.8 Å². The Morgan fingerprint density at radius 3 is 1.45 bits per heavy atom. The number of para-hydroxylation sites is 2. The van der Waals surface area contributed by atoms with Crippen LogP contribution in [-0.4, -0.2) is 33.4 Å². The fourth-order valence-corrected chi connectivity index (χ4v) is 2.69. The van der Waals surface area contributed by atoms with Crippen molar-refractivity contribution < 1.29 is 36.0 Å². The van der Waals surface area contributed by atoms with E-state index in [1.54, 1.807) is 36.7 Å². The number of aromatic hydroxyl groups is 2. The van der Waals surface area contributed by atoms with Gasteiger partial charge in [-0.3, -0.25) is 9.97 Å². The van der Waals surface area contributed by atoms with Gasteiger partial charge in [0.2, 0.25) is 0 Å². The van der Waals surface area contributed by atoms with Gasteiger partial charge in [-0.15, -0.1) is 0 Å². The second kappa shape index (κ2) is 12.6. The van der Waals surface area contributed by atoms with Crippen molar-refractivity contribution in [3.05, 3.63) is 73.1 Å². The third-order valence-electron chi connectivity index (χ3n) is 4.05. The number of hydrogen-bond donors (Lipinski definition) is 2. The predicted octanol–water partition coefficient (Wildman–Crippen LogP) is 4.56. The van der Waals surface area contributed by atoms with E-state index in [1.165, 1.54) is 12.8 Å². The number of nitrogens with zero attached hydrogens (tertiary/aromatic N) is 2. The molecule has 0 aliphatic carbocycles. The Balaban J connectivity index is 0.000000158. The summed E-state index contributed by atoms with van der Waals surface area (Å²) in [7, 11) is 0. The SMILES string of the molecule is C1CCOC1.Oc1cccc2cccnc12.Oc1cccc2cccnc12.[O]=[V]. The number of rotatable bonds is 0. The Morgan fingerprint density at radius 2 is 1.10 bits per heavy atom. The molecule has 1 fully saturated rings. The summed E-state index contributed by atoms with van der Waals surface area (Å²) in [6.45, 7) is 2.00. The molecule has 0 amide bonds. The summed E-state index contributed by atoms with van der Waals surface area (Å²) < 4.78 is 13.1. The van der Waals surface area contributed by atoms with E-state index in [-0.39, 0.29) is 11.5 Å². The first kappa shape index (κ1) is 22.5. The van der Waals surface area contributed by atoms with E-state index >= 15 is 0 Å². The number of pyridine rings is 2. The van der Waals surface area contributed by atoms with Gasteiger partial charge in [-0.1, -0.05) is 36.4 Å². The fraction of sp³-hybridized carbons (Fsp3) is 0.182. The zero-order valence-corrected chi connectivity index (χ0v) is 17.2. The Kier molecular flexibility index (Phi) is 9.79. The van der Waals surface area contributed by atoms with Gasteiger partial charge in [0.1, 0.15) is 22.5 Å². The number of phenolic OH excluding ortho intramolecular Hbond substituents is 2. The van der Waals surface area contributed by atoms with E-state index in [0.717, 1.165) is 41.4 Å². The van der Waals surface area contributed by atoms with Crippen LogP contribution in [0.2, 0.25) is 0 Å². The average molecular weight is 429 g/mol. The van der Waals surface area contributed by atoms with E-state index in [4.69, 9.17) is 8.41 Å². The van der Waals surface area contributed by atoms with Crippen molar-refractivity contribution in [3.8, 4) is 11.5 Å². The van der Waals surface area contributed by atoms with Crippen molar-refractivity contribution in [2.75, 3.05) is 13.2 Å². The Bertz CT molecular complexity index is 930. The van der Waals surface area contributed by atoms with Gasteiger partial charge in [0.15, 0.2) is 0 Å². The van der Waals surface area contributed by atoms with Crippen molar-refractivity contribution in [2.24, 2.45) is 0 Å². The van der Waals surface area contributed by atoms with Crippen molar-refractivity contribution in [3.63, 3.8) is 0 Å². The van der Waals surface area contributed by atoms with Gasteiger partial charge >= 0.3 is 21.0 Å². The molecule has 0 saturated carbocycles. The summed E-state index contributed by atoms with van der Waals surface area (Å²) in [6.07, 6.45) is 5.89. The van der Waals surface area contributed by atoms with Gasteiger partial charge in [-0.2, -0.15) is 0 Å². The minimum absolute atomic E-state index is 0.239. The molecule has 149 valence electrons. The van der Waals surface area contributed by atoms with Gasteiger partial charge in [-0.05, 0) is 37.1 Å². The third-order valence-corrected chi connectivity index (χ3v) is 4.05. The van der Waals surface area contributed by atoms with Gasteiger partial charge in [0, 0.05) is 36.4 Å². The minimum atomic E-state index is 0.239. The summed E-state index contributed by atoms with van der Waals surface area (Å²) in [4.78, 5) is 8.06. The molecule has 2 aromatic heterocycles. The molecule has 5 rings (SSSR count). The van der Waals surface area contributed by atoms with Crippen molar-refractivity contribution in [1.82, 2.24) is 9.97 Å². The summed E-state index contributed by atoms with van der Waals surface area (Å²) in [5.74, 6) is 0.478. The quantitative estimate of drug-likeness (QED) is 0.426. The summed E-state index contributed by atoms with van der Waals surface area (Å²) >= 11 is 1.06. The van der Waals surface area contributed by atoms with Crippen molar-refractivity contribution in [2.45, 2.75) is 12.8 Å². The molecule has 1 aliphatic heterocycles. The fourth-order valence-electron chi connectivity index (χ4n) is 2.69. The summed E-state index contributed by atoms with van der Waals surface area (Å²) in [6, 6.07) is 18.3. The van der Waals surface area contributed by atoms with E-state index < -0.39 is 0 Å². The van der Waals surface area contributed by atoms with Gasteiger partial charge < -0.3 is 14.9 Å². The van der Waals surface area contributed by atoms with Crippen LogP contribution < -0.4 is 0 Å². The van der Waals surface area contributed by atoms with E-state index in [1.807, 2.05) is 36.4 Å². The van der Waals surface area contributed by atoms with Gasteiger partial charge in [0.05, 0.1) is 0 Å². The van der Waals surface area contributed by atoms with Crippen LogP contribution in [0.3, 0.4) is 0 Å². The molecule has 4 aromatic rings. The number of fused-ring (bicyclic) bond motifs is 2. The first-order valence-corrected chi connectivity index (χ1v) is 9.64. The Morgan fingerprint density at radius 1 is 0.690 bits per heavy atom. The first-order chi connectivity index (χ1) is 14.3. The van der Waals surface area contributed by atoms with Crippen LogP contribution in [0.4, 0.5) is 0 Å². The standard InChI is InChI=1S/2C9H7NO.C4H8O.O.V/c2*11-8-5-1-3-7-4-2-6-10-9(7)8;1-2-4-5-3-1;;/h2*1-6,11H;1-4H2;;. The van der Waals surface area contributed by atoms with Crippen LogP contribution in [0.1, 0.15) is 12.8 Å². The molecule has 0 bridgehead atoms. The van der Waals surface area contributed by atoms with Crippen molar-refractivity contribution >= 4 is 21.8 Å². The molecule has 1 aliphatic rings. The molecule has 0 spiro atoms. The molecular formula is C22H22N2O4V. The van der Waals surface area contributed by atoms with E-state index in [9.17, 15) is 10.2 Å². The molecule has 0 atom stereocenters. The zero-order chi connectivity index (χ0) is 20.9. The molecular weight excluding hydrogens is 407 g/mol. The predicted molar refractivity (Wildman–Crippen MR) is 108 cm³/mol. The molecule has 2 aromatic carbocycles. The number of hydrogen-bond acceptors (Lipinski definition) is 6. The molecule has 29 heavy (non-hydrogen) atoms. The van der Waals surface area contributed by atoms with Crippen LogP contribution in [0.5, 0.6) is 11.5 Å². The maximum atomic E-state index is 9.31. The monoisotopic (exact) mass is 429 g/mol. The number of aromatic nitrogens is 2. The van der Waals surface area contributed by atoms with Crippen molar-refractivity contribution in [1.29, 1.82) is 0 Å². The molecule has 7 heteroatoms. The normalized spacial score (nSPS) is 12.0. The van der Waals surface area contributed by atoms with E-state index in [2.05, 4.69) is 9.97 Å². The summed E-state index contributed by atoms with van der Waals surface area (Å²) in [5, 5.41) is 20.5. The third kappa shape index (κ3) is 6.95. The molecule has 0 unspecified atom stereocenters. The molecule has 3 heterocycles. The molecule has 1 saturated heterocycles. The van der Waals surface area contributed by atoms with Gasteiger partial charge in [0.25, 0.3) is 0 Å². The second-order valence-electron chi connectivity index (χ2n) is 6.02. The number of benzene rings is 2. The molecule has 0 radical (unpaired) electrons. The Labute approximate surface area is 178 Å². The average Bonchev–Trinajstić information content (AvgIpc) is 3.37. The second-order valence-corrected chi connectivity index (χ2v) is 6.02. The maximum absolute atomic E-state index is 9.31. The van der Waals surface area contributed by atoms with Crippen LogP contribution >= 0.6 is 0 Å². The first-order valence-electron chi connectivity index (χ1n) is 9.07. The Hall–Kier alpha value is -2.80. The topological polar surface area (TPSA) is 92.5 Å². The summed E-state index contributed by atoms with van der Waals surface area (Å²) in [5.41, 5.74) is 1.32. The van der Waals surface area contributed by atoms with E-state index in [0.29, 0.717) is 11.0 Å².